The number of nitrogens with one attached hydrogen (secondary N) is 1. The van der Waals surface area contributed by atoms with E-state index >= 15 is 0 Å². The summed E-state index contributed by atoms with van der Waals surface area (Å²) in [5.74, 6) is -1.12. The minimum absolute atomic E-state index is 0.0545. The molecule has 0 saturated heterocycles. The number of nitrogens with zero attached hydrogens (tertiary/aromatic N) is 2. The summed E-state index contributed by atoms with van der Waals surface area (Å²) in [6.45, 7) is 5.12. The number of sulfonamides is 1. The monoisotopic (exact) mass is 637 g/mol. The van der Waals surface area contributed by atoms with Gasteiger partial charge >= 0.3 is 6.18 Å². The predicted octanol–water partition coefficient (Wildman–Crippen LogP) is 5.85. The molecule has 0 radical (unpaired) electrons. The van der Waals surface area contributed by atoms with E-state index in [1.807, 2.05) is 51.1 Å². The van der Waals surface area contributed by atoms with E-state index in [-0.39, 0.29) is 23.9 Å². The van der Waals surface area contributed by atoms with Gasteiger partial charge < -0.3 is 10.2 Å². The highest BCUT2D eigenvalue weighted by Gasteiger charge is 2.36. The van der Waals surface area contributed by atoms with Gasteiger partial charge in [0.1, 0.15) is 12.6 Å². The normalized spacial score (nSPS) is 12.6. The highest BCUT2D eigenvalue weighted by molar-refractivity contribution is 7.92. The van der Waals surface area contributed by atoms with Gasteiger partial charge in [-0.25, -0.2) is 8.42 Å². The van der Waals surface area contributed by atoms with Gasteiger partial charge in [0.15, 0.2) is 0 Å². The Bertz CT molecular complexity index is 1530. The molecule has 0 fully saturated rings. The highest BCUT2D eigenvalue weighted by atomic mass is 35.5. The van der Waals surface area contributed by atoms with Crippen LogP contribution in [-0.4, -0.2) is 50.5 Å². The van der Waals surface area contributed by atoms with E-state index in [0.717, 1.165) is 29.5 Å². The Balaban J connectivity index is 2.11. The maximum atomic E-state index is 14.1. The molecule has 3 aromatic carbocycles. The van der Waals surface area contributed by atoms with E-state index in [0.29, 0.717) is 22.5 Å². The third kappa shape index (κ3) is 9.72. The molecule has 0 saturated carbocycles. The zero-order chi connectivity index (χ0) is 31.9. The van der Waals surface area contributed by atoms with Crippen LogP contribution in [0.5, 0.6) is 0 Å². The molecule has 3 rings (SSSR count). The number of carbonyl (C=O) groups is 2. The van der Waals surface area contributed by atoms with E-state index < -0.39 is 51.9 Å². The first-order valence-electron chi connectivity index (χ1n) is 13.6. The van der Waals surface area contributed by atoms with Crippen molar-refractivity contribution in [2.24, 2.45) is 5.92 Å². The molecule has 0 aliphatic carbocycles. The third-order valence-corrected chi connectivity index (χ3v) is 8.06. The number of hydrogen-bond donors (Lipinski definition) is 1. The Morgan fingerprint density at radius 3 is 2.19 bits per heavy atom. The quantitative estimate of drug-likeness (QED) is 0.270. The van der Waals surface area contributed by atoms with Gasteiger partial charge in [-0.15, -0.1) is 0 Å². The summed E-state index contributed by atoms with van der Waals surface area (Å²) in [5, 5.41) is 2.59. The number of amides is 2. The molecule has 2 amide bonds. The number of alkyl halides is 3. The first-order chi connectivity index (χ1) is 20.1. The summed E-state index contributed by atoms with van der Waals surface area (Å²) in [6, 6.07) is 17.5. The van der Waals surface area contributed by atoms with E-state index in [1.165, 1.54) is 4.90 Å². The van der Waals surface area contributed by atoms with Crippen molar-refractivity contribution in [3.63, 3.8) is 0 Å². The number of rotatable bonds is 12. The molecule has 232 valence electrons. The molecule has 0 aromatic heterocycles. The van der Waals surface area contributed by atoms with Crippen molar-refractivity contribution in [1.82, 2.24) is 10.2 Å². The SMILES string of the molecule is Cc1cccc(CN(C(=O)CN(c2cc(C(F)(F)F)ccc2Cl)S(C)(=O)=O)[C@H](Cc2ccccc2)C(=O)NCC(C)C)c1. The smallest absolute Gasteiger partial charge is 0.354 e. The lowest BCUT2D eigenvalue weighted by Gasteiger charge is -2.34. The molecule has 7 nitrogen and oxygen atoms in total. The van der Waals surface area contributed by atoms with Gasteiger partial charge in [0.25, 0.3) is 0 Å². The van der Waals surface area contributed by atoms with Crippen molar-refractivity contribution < 1.29 is 31.2 Å². The van der Waals surface area contributed by atoms with Crippen molar-refractivity contribution >= 4 is 39.1 Å². The lowest BCUT2D eigenvalue weighted by atomic mass is 10.0. The van der Waals surface area contributed by atoms with Gasteiger partial charge in [-0.3, -0.25) is 13.9 Å². The van der Waals surface area contributed by atoms with E-state index in [1.54, 1.807) is 24.3 Å². The highest BCUT2D eigenvalue weighted by Crippen LogP contribution is 2.36. The average molecular weight is 638 g/mol. The number of carbonyl (C=O) groups excluding carboxylic acids is 2. The summed E-state index contributed by atoms with van der Waals surface area (Å²) in [7, 11) is -4.30. The zero-order valence-electron chi connectivity index (χ0n) is 24.4. The van der Waals surface area contributed by atoms with Crippen molar-refractivity contribution in [1.29, 1.82) is 0 Å². The maximum Gasteiger partial charge on any atom is 0.416 e. The molecule has 0 bridgehead atoms. The van der Waals surface area contributed by atoms with E-state index in [4.69, 9.17) is 11.6 Å². The molecule has 0 spiro atoms. The fraction of sp³-hybridized carbons (Fsp3) is 0.355. The molecule has 0 aliphatic rings. The lowest BCUT2D eigenvalue weighted by molar-refractivity contribution is -0.140. The Kier molecular flexibility index (Phi) is 11.3. The first kappa shape index (κ1) is 33.9. The number of hydrogen-bond acceptors (Lipinski definition) is 4. The fourth-order valence-electron chi connectivity index (χ4n) is 4.46. The second-order valence-corrected chi connectivity index (χ2v) is 13.1. The fourth-order valence-corrected chi connectivity index (χ4v) is 5.58. The lowest BCUT2D eigenvalue weighted by Crippen LogP contribution is -2.53. The van der Waals surface area contributed by atoms with Gasteiger partial charge in [0.05, 0.1) is 22.5 Å². The Hall–Kier alpha value is -3.57. The van der Waals surface area contributed by atoms with Gasteiger partial charge in [0.2, 0.25) is 21.8 Å². The molecule has 1 N–H and O–H groups in total. The Morgan fingerprint density at radius 1 is 0.953 bits per heavy atom. The van der Waals surface area contributed by atoms with E-state index in [2.05, 4.69) is 5.32 Å². The molecular formula is C31H35ClF3N3O4S. The van der Waals surface area contributed by atoms with E-state index in [9.17, 15) is 31.2 Å². The standard InChI is InChI=1S/C31H35ClF3N3O4S/c1-21(2)18-36-30(40)28(16-23-10-6-5-7-11-23)37(19-24-12-8-9-22(3)15-24)29(39)20-38(43(4,41)42)27-17-25(31(33,34)35)13-14-26(27)32/h5-15,17,21,28H,16,18-20H2,1-4H3,(H,36,40)/t28-/m1/s1. The Labute approximate surface area is 255 Å². The number of anilines is 1. The predicted molar refractivity (Wildman–Crippen MR) is 162 cm³/mol. The van der Waals surface area contributed by atoms with Crippen LogP contribution >= 0.6 is 11.6 Å². The minimum atomic E-state index is -4.78. The molecular weight excluding hydrogens is 603 g/mol. The topological polar surface area (TPSA) is 86.8 Å². The minimum Gasteiger partial charge on any atom is -0.354 e. The largest absolute Gasteiger partial charge is 0.416 e. The molecule has 0 unspecified atom stereocenters. The number of aryl methyl sites for hydroxylation is 1. The molecule has 43 heavy (non-hydrogen) atoms. The van der Waals surface area contributed by atoms with Gasteiger partial charge in [-0.1, -0.05) is 85.6 Å². The third-order valence-electron chi connectivity index (χ3n) is 6.61. The number of benzene rings is 3. The maximum absolute atomic E-state index is 14.1. The van der Waals surface area contributed by atoms with Crippen molar-refractivity contribution in [2.75, 3.05) is 23.7 Å². The molecule has 0 heterocycles. The van der Waals surface area contributed by atoms with Crippen LogP contribution in [0.3, 0.4) is 0 Å². The second kappa shape index (κ2) is 14.3. The second-order valence-electron chi connectivity index (χ2n) is 10.8. The molecule has 0 aliphatic heterocycles. The first-order valence-corrected chi connectivity index (χ1v) is 15.8. The van der Waals surface area contributed by atoms with Crippen molar-refractivity contribution in [3.05, 3.63) is 100 Å². The van der Waals surface area contributed by atoms with Gasteiger partial charge in [-0.05, 0) is 42.2 Å². The number of halogens is 4. The zero-order valence-corrected chi connectivity index (χ0v) is 25.9. The molecule has 3 aromatic rings. The van der Waals surface area contributed by atoms with Crippen LogP contribution in [0.25, 0.3) is 0 Å². The van der Waals surface area contributed by atoms with Gasteiger partial charge in [-0.2, -0.15) is 13.2 Å². The van der Waals surface area contributed by atoms with Crippen molar-refractivity contribution in [2.45, 2.75) is 46.0 Å². The summed E-state index contributed by atoms with van der Waals surface area (Å²) in [4.78, 5) is 29.0. The summed E-state index contributed by atoms with van der Waals surface area (Å²) < 4.78 is 66.9. The molecule has 1 atom stereocenters. The molecule has 12 heteroatoms. The van der Waals surface area contributed by atoms with Crippen LogP contribution in [0.4, 0.5) is 18.9 Å². The van der Waals surface area contributed by atoms with Gasteiger partial charge in [0, 0.05) is 19.5 Å². The van der Waals surface area contributed by atoms with Crippen LogP contribution in [0.1, 0.15) is 36.1 Å². The summed E-state index contributed by atoms with van der Waals surface area (Å²) >= 11 is 6.19. The van der Waals surface area contributed by atoms with Crippen molar-refractivity contribution in [3.8, 4) is 0 Å². The van der Waals surface area contributed by atoms with Crippen LogP contribution < -0.4 is 9.62 Å². The van der Waals surface area contributed by atoms with Crippen LogP contribution in [0.15, 0.2) is 72.8 Å². The van der Waals surface area contributed by atoms with Crippen LogP contribution in [0, 0.1) is 12.8 Å². The summed E-state index contributed by atoms with van der Waals surface area (Å²) in [5.41, 5.74) is 0.731. The average Bonchev–Trinajstić information content (AvgIpc) is 2.92. The summed E-state index contributed by atoms with van der Waals surface area (Å²) in [6.07, 6.45) is -3.89. The van der Waals surface area contributed by atoms with Crippen LogP contribution in [0.2, 0.25) is 5.02 Å². The Morgan fingerprint density at radius 2 is 1.60 bits per heavy atom. The van der Waals surface area contributed by atoms with Crippen LogP contribution in [-0.2, 0) is 38.8 Å².